The Morgan fingerprint density at radius 1 is 1.33 bits per heavy atom. The van der Waals surface area contributed by atoms with E-state index in [-0.39, 0.29) is 13.0 Å². The minimum atomic E-state index is -0.971. The standard InChI is InChI=1S/C14H21N5O2/c15-18-17-5-4-13(20)14(21)11-2-1-3-12(10-11)19-8-6-16-7-9-19/h1-3,10,13-14,16,20-21H,4-9H2. The predicted molar refractivity (Wildman–Crippen MR) is 81.1 cm³/mol. The third-order valence-corrected chi connectivity index (χ3v) is 3.65. The fraction of sp³-hybridized carbons (Fsp3) is 0.571. The summed E-state index contributed by atoms with van der Waals surface area (Å²) in [5, 5.41) is 26.8. The van der Waals surface area contributed by atoms with Crippen molar-refractivity contribution in [2.45, 2.75) is 18.6 Å². The van der Waals surface area contributed by atoms with E-state index in [9.17, 15) is 10.2 Å². The zero-order valence-corrected chi connectivity index (χ0v) is 11.9. The summed E-state index contributed by atoms with van der Waals surface area (Å²) in [6.45, 7) is 3.92. The fourth-order valence-electron chi connectivity index (χ4n) is 2.44. The van der Waals surface area contributed by atoms with Crippen LogP contribution < -0.4 is 10.2 Å². The fourth-order valence-corrected chi connectivity index (χ4v) is 2.44. The van der Waals surface area contributed by atoms with E-state index in [1.165, 1.54) is 0 Å². The molecule has 1 aromatic rings. The smallest absolute Gasteiger partial charge is 0.105 e. The first-order valence-electron chi connectivity index (χ1n) is 7.15. The van der Waals surface area contributed by atoms with E-state index in [4.69, 9.17) is 5.53 Å². The highest BCUT2D eigenvalue weighted by atomic mass is 16.3. The highest BCUT2D eigenvalue weighted by Gasteiger charge is 2.19. The van der Waals surface area contributed by atoms with Gasteiger partial charge in [0, 0.05) is 43.3 Å². The van der Waals surface area contributed by atoms with Gasteiger partial charge in [-0.05, 0) is 29.6 Å². The second-order valence-corrected chi connectivity index (χ2v) is 5.09. The number of azide groups is 1. The lowest BCUT2D eigenvalue weighted by Crippen LogP contribution is -2.43. The van der Waals surface area contributed by atoms with Crippen molar-refractivity contribution in [2.24, 2.45) is 5.11 Å². The SMILES string of the molecule is [N-]=[N+]=NCCC(O)C(O)c1cccc(N2CCNCC2)c1. The molecule has 1 aliphatic rings. The molecule has 1 fully saturated rings. The van der Waals surface area contributed by atoms with Gasteiger partial charge >= 0.3 is 0 Å². The number of nitrogens with zero attached hydrogens (tertiary/aromatic N) is 4. The Morgan fingerprint density at radius 2 is 2.10 bits per heavy atom. The van der Waals surface area contributed by atoms with Gasteiger partial charge in [-0.1, -0.05) is 17.2 Å². The quantitative estimate of drug-likeness (QED) is 0.416. The summed E-state index contributed by atoms with van der Waals surface area (Å²) in [7, 11) is 0. The molecular formula is C14H21N5O2. The normalized spacial score (nSPS) is 17.9. The monoisotopic (exact) mass is 291 g/mol. The Morgan fingerprint density at radius 3 is 2.81 bits per heavy atom. The van der Waals surface area contributed by atoms with Gasteiger partial charge in [-0.25, -0.2) is 0 Å². The minimum absolute atomic E-state index is 0.173. The first kappa shape index (κ1) is 15.6. The Balaban J connectivity index is 2.03. The molecular weight excluding hydrogens is 270 g/mol. The van der Waals surface area contributed by atoms with E-state index in [0.29, 0.717) is 5.56 Å². The highest BCUT2D eigenvalue weighted by Crippen LogP contribution is 2.24. The maximum atomic E-state index is 10.2. The highest BCUT2D eigenvalue weighted by molar-refractivity contribution is 5.49. The molecule has 0 amide bonds. The van der Waals surface area contributed by atoms with Crippen molar-refractivity contribution in [1.82, 2.24) is 5.32 Å². The summed E-state index contributed by atoms with van der Waals surface area (Å²) in [4.78, 5) is 4.88. The van der Waals surface area contributed by atoms with Gasteiger partial charge in [0.25, 0.3) is 0 Å². The van der Waals surface area contributed by atoms with Gasteiger partial charge in [0.05, 0.1) is 6.10 Å². The van der Waals surface area contributed by atoms with Gasteiger partial charge in [-0.2, -0.15) is 0 Å². The van der Waals surface area contributed by atoms with Crippen LogP contribution in [0.25, 0.3) is 10.4 Å². The van der Waals surface area contributed by atoms with Crippen LogP contribution in [0.1, 0.15) is 18.1 Å². The van der Waals surface area contributed by atoms with Crippen LogP contribution >= 0.6 is 0 Å². The zero-order valence-electron chi connectivity index (χ0n) is 11.9. The molecule has 0 radical (unpaired) electrons. The second kappa shape index (κ2) is 7.85. The van der Waals surface area contributed by atoms with E-state index >= 15 is 0 Å². The van der Waals surface area contributed by atoms with Crippen molar-refractivity contribution in [2.75, 3.05) is 37.6 Å². The number of nitrogens with one attached hydrogen (secondary N) is 1. The van der Waals surface area contributed by atoms with Crippen molar-refractivity contribution < 1.29 is 10.2 Å². The number of hydrogen-bond acceptors (Lipinski definition) is 5. The molecule has 0 spiro atoms. The van der Waals surface area contributed by atoms with E-state index in [1.54, 1.807) is 6.07 Å². The molecule has 1 aliphatic heterocycles. The Bertz CT molecular complexity index is 498. The maximum absolute atomic E-state index is 10.2. The first-order valence-corrected chi connectivity index (χ1v) is 7.15. The summed E-state index contributed by atoms with van der Waals surface area (Å²) in [6, 6.07) is 7.60. The number of benzene rings is 1. The Labute approximate surface area is 123 Å². The van der Waals surface area contributed by atoms with Crippen LogP contribution in [0.5, 0.6) is 0 Å². The zero-order chi connectivity index (χ0) is 15.1. The molecule has 114 valence electrons. The van der Waals surface area contributed by atoms with Crippen LogP contribution in [0, 0.1) is 0 Å². The molecule has 0 saturated carbocycles. The van der Waals surface area contributed by atoms with Crippen molar-refractivity contribution in [3.63, 3.8) is 0 Å². The second-order valence-electron chi connectivity index (χ2n) is 5.09. The molecule has 7 nitrogen and oxygen atoms in total. The molecule has 0 aliphatic carbocycles. The number of rotatable bonds is 6. The lowest BCUT2D eigenvalue weighted by Gasteiger charge is -2.30. The van der Waals surface area contributed by atoms with Crippen molar-refractivity contribution in [1.29, 1.82) is 0 Å². The summed E-state index contributed by atoms with van der Waals surface area (Å²) in [5.74, 6) is 0. The average molecular weight is 291 g/mol. The maximum Gasteiger partial charge on any atom is 0.105 e. The molecule has 3 N–H and O–H groups in total. The van der Waals surface area contributed by atoms with E-state index in [0.717, 1.165) is 31.9 Å². The molecule has 1 aromatic carbocycles. The van der Waals surface area contributed by atoms with Crippen molar-refractivity contribution >= 4 is 5.69 Å². The summed E-state index contributed by atoms with van der Waals surface area (Å²) < 4.78 is 0. The lowest BCUT2D eigenvalue weighted by atomic mass is 10.0. The number of aliphatic hydroxyl groups excluding tert-OH is 2. The van der Waals surface area contributed by atoms with Gasteiger partial charge < -0.3 is 20.4 Å². The van der Waals surface area contributed by atoms with Crippen LogP contribution in [0.3, 0.4) is 0 Å². The van der Waals surface area contributed by atoms with Crippen LogP contribution in [-0.2, 0) is 0 Å². The molecule has 7 heteroatoms. The van der Waals surface area contributed by atoms with Crippen LogP contribution in [0.15, 0.2) is 29.4 Å². The molecule has 2 rings (SSSR count). The molecule has 2 unspecified atom stereocenters. The lowest BCUT2D eigenvalue weighted by molar-refractivity contribution is 0.0150. The summed E-state index contributed by atoms with van der Waals surface area (Å²) in [6.07, 6.45) is -1.67. The molecule has 0 bridgehead atoms. The van der Waals surface area contributed by atoms with Crippen molar-refractivity contribution in [3.05, 3.63) is 40.3 Å². The third-order valence-electron chi connectivity index (χ3n) is 3.65. The van der Waals surface area contributed by atoms with E-state index < -0.39 is 12.2 Å². The average Bonchev–Trinajstić information content (AvgIpc) is 2.55. The minimum Gasteiger partial charge on any atom is -0.390 e. The van der Waals surface area contributed by atoms with E-state index in [2.05, 4.69) is 20.2 Å². The molecule has 1 saturated heterocycles. The molecule has 21 heavy (non-hydrogen) atoms. The molecule has 1 heterocycles. The third kappa shape index (κ3) is 4.34. The van der Waals surface area contributed by atoms with Gasteiger partial charge in [0.2, 0.25) is 0 Å². The number of hydrogen-bond donors (Lipinski definition) is 3. The first-order chi connectivity index (χ1) is 10.2. The van der Waals surface area contributed by atoms with Crippen molar-refractivity contribution in [3.8, 4) is 0 Å². The molecule has 2 atom stereocenters. The van der Waals surface area contributed by atoms with Crippen LogP contribution in [0.2, 0.25) is 0 Å². The predicted octanol–water partition coefficient (Wildman–Crippen LogP) is 1.19. The summed E-state index contributed by atoms with van der Waals surface area (Å²) >= 11 is 0. The van der Waals surface area contributed by atoms with Gasteiger partial charge in [0.1, 0.15) is 6.10 Å². The van der Waals surface area contributed by atoms with Crippen LogP contribution in [-0.4, -0.2) is 49.0 Å². The topological polar surface area (TPSA) is 104 Å². The Kier molecular flexibility index (Phi) is 5.83. The number of anilines is 1. The van der Waals surface area contributed by atoms with Crippen LogP contribution in [0.4, 0.5) is 5.69 Å². The van der Waals surface area contributed by atoms with Gasteiger partial charge in [-0.3, -0.25) is 0 Å². The number of piperazine rings is 1. The van der Waals surface area contributed by atoms with Gasteiger partial charge in [-0.15, -0.1) is 0 Å². The number of aliphatic hydroxyl groups is 2. The van der Waals surface area contributed by atoms with Gasteiger partial charge in [0.15, 0.2) is 0 Å². The summed E-state index contributed by atoms with van der Waals surface area (Å²) in [5.41, 5.74) is 9.95. The largest absolute Gasteiger partial charge is 0.390 e. The molecule has 0 aromatic heterocycles. The van der Waals surface area contributed by atoms with E-state index in [1.807, 2.05) is 18.2 Å². The Hall–Kier alpha value is -1.79.